The fraction of sp³-hybridized carbons (Fsp3) is 0.0588. The summed E-state index contributed by atoms with van der Waals surface area (Å²) in [6.07, 6.45) is 13.0. The van der Waals surface area contributed by atoms with Crippen LogP contribution in [0.4, 0.5) is 0 Å². The molecule has 2 aliphatic carbocycles. The monoisotopic (exact) mass is 471 g/mol. The molecule has 3 aromatic heterocycles. The number of hydrogen-bond acceptors (Lipinski definition) is 0. The van der Waals surface area contributed by atoms with Crippen molar-refractivity contribution in [1.29, 1.82) is 0 Å². The lowest BCUT2D eigenvalue weighted by molar-refractivity contribution is 0.644. The van der Waals surface area contributed by atoms with Crippen molar-refractivity contribution in [2.24, 2.45) is 0 Å². The molecule has 172 valence electrons. The number of H-pyrrole nitrogens is 1. The highest BCUT2D eigenvalue weighted by atomic mass is 15.0. The first-order valence-electron chi connectivity index (χ1n) is 13.0. The highest BCUT2D eigenvalue weighted by Crippen LogP contribution is 2.50. The van der Waals surface area contributed by atoms with Crippen LogP contribution in [-0.4, -0.2) is 14.1 Å². The molecule has 3 heteroatoms. The first-order chi connectivity index (χ1) is 18.3. The highest BCUT2D eigenvalue weighted by Gasteiger charge is 2.39. The molecule has 10 rings (SSSR count). The number of benzene rings is 4. The minimum atomic E-state index is -0.195. The van der Waals surface area contributed by atoms with Gasteiger partial charge in [-0.2, -0.15) is 0 Å². The van der Waals surface area contributed by atoms with E-state index in [4.69, 9.17) is 0 Å². The molecule has 3 aliphatic rings. The Morgan fingerprint density at radius 1 is 0.703 bits per heavy atom. The molecular formula is C34H21N3. The van der Waals surface area contributed by atoms with E-state index in [1.165, 1.54) is 77.2 Å². The Labute approximate surface area is 212 Å². The van der Waals surface area contributed by atoms with Gasteiger partial charge in [0.05, 0.1) is 22.0 Å². The Morgan fingerprint density at radius 3 is 2.43 bits per heavy atom. The molecule has 1 atom stereocenters. The second-order valence-corrected chi connectivity index (χ2v) is 10.8. The Morgan fingerprint density at radius 2 is 1.51 bits per heavy atom. The number of aromatic nitrogens is 3. The zero-order valence-electron chi connectivity index (χ0n) is 20.0. The Balaban J connectivity index is 1.53. The standard InChI is InChI=1S/C34H21N3/c1-3-9-29-22(6-1)24-12-14-28-31-26-18-20(11-13-27(26)35-28)37-30-10-4-2-7-23(30)25-8-5-16-34(33(25)37)17-15-21(19-34)36(29)32(24)31/h1-15,17-19,35H,16H2. The first-order valence-corrected chi connectivity index (χ1v) is 13.0. The third-order valence-electron chi connectivity index (χ3n) is 8.95. The molecule has 1 unspecified atom stereocenters. The van der Waals surface area contributed by atoms with E-state index >= 15 is 0 Å². The fourth-order valence-electron chi connectivity index (χ4n) is 7.47. The fourth-order valence-corrected chi connectivity index (χ4v) is 7.47. The van der Waals surface area contributed by atoms with Crippen LogP contribution in [0.25, 0.3) is 72.0 Å². The summed E-state index contributed by atoms with van der Waals surface area (Å²) in [4.78, 5) is 3.72. The number of allylic oxidation sites excluding steroid dienone is 5. The molecular weight excluding hydrogens is 450 g/mol. The van der Waals surface area contributed by atoms with Crippen molar-refractivity contribution in [3.63, 3.8) is 0 Å². The normalized spacial score (nSPS) is 19.3. The zero-order valence-corrected chi connectivity index (χ0v) is 20.0. The molecule has 0 saturated heterocycles. The van der Waals surface area contributed by atoms with Crippen LogP contribution in [0.2, 0.25) is 0 Å². The van der Waals surface area contributed by atoms with Crippen LogP contribution in [0.15, 0.2) is 103 Å². The average molecular weight is 472 g/mol. The Kier molecular flexibility index (Phi) is 2.98. The molecule has 1 N–H and O–H groups in total. The molecule has 0 saturated carbocycles. The van der Waals surface area contributed by atoms with Crippen LogP contribution in [-0.2, 0) is 5.41 Å². The van der Waals surface area contributed by atoms with Gasteiger partial charge in [0.1, 0.15) is 0 Å². The zero-order chi connectivity index (χ0) is 23.9. The van der Waals surface area contributed by atoms with Gasteiger partial charge in [-0.3, -0.25) is 0 Å². The third-order valence-corrected chi connectivity index (χ3v) is 8.95. The van der Waals surface area contributed by atoms with Crippen molar-refractivity contribution in [3.05, 3.63) is 114 Å². The maximum atomic E-state index is 3.72. The van der Waals surface area contributed by atoms with Gasteiger partial charge in [0.15, 0.2) is 0 Å². The molecule has 4 heterocycles. The van der Waals surface area contributed by atoms with Gasteiger partial charge in [-0.1, -0.05) is 60.7 Å². The van der Waals surface area contributed by atoms with Gasteiger partial charge < -0.3 is 14.1 Å². The van der Waals surface area contributed by atoms with Crippen LogP contribution in [0.3, 0.4) is 0 Å². The van der Waals surface area contributed by atoms with Crippen molar-refractivity contribution in [2.45, 2.75) is 11.8 Å². The second kappa shape index (κ2) is 5.96. The molecule has 4 bridgehead atoms. The summed E-state index contributed by atoms with van der Waals surface area (Å²) >= 11 is 0. The molecule has 1 spiro atoms. The minimum absolute atomic E-state index is 0.195. The van der Waals surface area contributed by atoms with Crippen molar-refractivity contribution < 1.29 is 0 Å². The molecule has 7 aromatic rings. The number of nitrogens with one attached hydrogen (secondary N) is 1. The summed E-state index contributed by atoms with van der Waals surface area (Å²) in [7, 11) is 0. The van der Waals surface area contributed by atoms with E-state index in [1.54, 1.807) is 0 Å². The van der Waals surface area contributed by atoms with E-state index < -0.39 is 0 Å². The van der Waals surface area contributed by atoms with Crippen LogP contribution in [0, 0.1) is 0 Å². The number of nitrogens with zero attached hydrogens (tertiary/aromatic N) is 2. The van der Waals surface area contributed by atoms with Crippen molar-refractivity contribution in [1.82, 2.24) is 14.1 Å². The molecule has 3 nitrogen and oxygen atoms in total. The molecule has 0 fully saturated rings. The van der Waals surface area contributed by atoms with E-state index in [2.05, 4.69) is 123 Å². The Hall–Kier alpha value is -4.76. The number of aromatic amines is 1. The lowest BCUT2D eigenvalue weighted by atomic mass is 9.77. The largest absolute Gasteiger partial charge is 0.354 e. The third kappa shape index (κ3) is 2.01. The predicted molar refractivity (Wildman–Crippen MR) is 154 cm³/mol. The summed E-state index contributed by atoms with van der Waals surface area (Å²) < 4.78 is 5.03. The number of para-hydroxylation sites is 2. The molecule has 1 aliphatic heterocycles. The van der Waals surface area contributed by atoms with Crippen LogP contribution < -0.4 is 0 Å². The van der Waals surface area contributed by atoms with Gasteiger partial charge in [0, 0.05) is 60.6 Å². The summed E-state index contributed by atoms with van der Waals surface area (Å²) in [5.41, 5.74) is 11.2. The topological polar surface area (TPSA) is 25.6 Å². The van der Waals surface area contributed by atoms with Crippen LogP contribution >= 0.6 is 0 Å². The van der Waals surface area contributed by atoms with Crippen LogP contribution in [0.1, 0.15) is 17.7 Å². The molecule has 0 radical (unpaired) electrons. The van der Waals surface area contributed by atoms with E-state index in [-0.39, 0.29) is 5.41 Å². The van der Waals surface area contributed by atoms with Crippen molar-refractivity contribution >= 4 is 66.3 Å². The molecule has 37 heavy (non-hydrogen) atoms. The van der Waals surface area contributed by atoms with Gasteiger partial charge in [-0.15, -0.1) is 0 Å². The first kappa shape index (κ1) is 18.5. The van der Waals surface area contributed by atoms with Gasteiger partial charge in [0.25, 0.3) is 0 Å². The van der Waals surface area contributed by atoms with E-state index in [1.807, 2.05) is 0 Å². The summed E-state index contributed by atoms with van der Waals surface area (Å²) in [6.45, 7) is 0. The second-order valence-electron chi connectivity index (χ2n) is 10.8. The van der Waals surface area contributed by atoms with E-state index in [0.29, 0.717) is 0 Å². The molecule has 0 amide bonds. The number of rotatable bonds is 0. The maximum Gasteiger partial charge on any atom is 0.0641 e. The Bertz CT molecular complexity index is 2280. The predicted octanol–water partition coefficient (Wildman–Crippen LogP) is 8.45. The smallest absolute Gasteiger partial charge is 0.0641 e. The van der Waals surface area contributed by atoms with Gasteiger partial charge in [-0.25, -0.2) is 0 Å². The van der Waals surface area contributed by atoms with Gasteiger partial charge in [0.2, 0.25) is 0 Å². The summed E-state index contributed by atoms with van der Waals surface area (Å²) in [5.74, 6) is 0. The maximum absolute atomic E-state index is 3.72. The molecule has 4 aromatic carbocycles. The van der Waals surface area contributed by atoms with Crippen molar-refractivity contribution in [3.8, 4) is 5.69 Å². The highest BCUT2D eigenvalue weighted by molar-refractivity contribution is 6.26. The lowest BCUT2D eigenvalue weighted by Crippen LogP contribution is -2.25. The summed E-state index contributed by atoms with van der Waals surface area (Å²) in [6, 6.07) is 29.2. The van der Waals surface area contributed by atoms with E-state index in [0.717, 1.165) is 6.42 Å². The SMILES string of the molecule is C1=Cc2c3n(c4ccccc24)-c2ccc4[nH]c5ccc6c7ccccc7n(c6c5c4c2)C2=CC3(C=C2)C1. The minimum Gasteiger partial charge on any atom is -0.354 e. The lowest BCUT2D eigenvalue weighted by Gasteiger charge is -2.30. The quantitative estimate of drug-likeness (QED) is 0.230. The van der Waals surface area contributed by atoms with Crippen molar-refractivity contribution in [2.75, 3.05) is 0 Å². The number of hydrogen-bond donors (Lipinski definition) is 1. The average Bonchev–Trinajstić information content (AvgIpc) is 3.67. The number of fused-ring (bicyclic) bond motifs is 9. The summed E-state index contributed by atoms with van der Waals surface area (Å²) in [5, 5.41) is 6.49. The van der Waals surface area contributed by atoms with Gasteiger partial charge >= 0.3 is 0 Å². The van der Waals surface area contributed by atoms with Crippen LogP contribution in [0.5, 0.6) is 0 Å². The van der Waals surface area contributed by atoms with E-state index in [9.17, 15) is 0 Å². The van der Waals surface area contributed by atoms with Gasteiger partial charge in [-0.05, 0) is 55.0 Å².